The van der Waals surface area contributed by atoms with E-state index in [1.165, 1.54) is 25.7 Å². The van der Waals surface area contributed by atoms with Crippen molar-refractivity contribution in [1.29, 1.82) is 0 Å². The summed E-state index contributed by atoms with van der Waals surface area (Å²) < 4.78 is 0. The van der Waals surface area contributed by atoms with Gasteiger partial charge >= 0.3 is 0 Å². The zero-order chi connectivity index (χ0) is 10.7. The molecule has 0 saturated heterocycles. The lowest BCUT2D eigenvalue weighted by atomic mass is 9.80. The highest BCUT2D eigenvalue weighted by molar-refractivity contribution is 4.83. The van der Waals surface area contributed by atoms with E-state index in [-0.39, 0.29) is 0 Å². The van der Waals surface area contributed by atoms with E-state index in [0.29, 0.717) is 0 Å². The van der Waals surface area contributed by atoms with Crippen molar-refractivity contribution in [1.82, 2.24) is 0 Å². The number of hydrogen-bond donors (Lipinski definition) is 0. The first-order valence-electron chi connectivity index (χ1n) is 6.56. The lowest BCUT2D eigenvalue weighted by Gasteiger charge is -2.25. The second-order valence-corrected chi connectivity index (χ2v) is 5.81. The van der Waals surface area contributed by atoms with Crippen molar-refractivity contribution in [3.05, 3.63) is 0 Å². The van der Waals surface area contributed by atoms with Crippen LogP contribution >= 0.6 is 0 Å². The number of hydrogen-bond acceptors (Lipinski definition) is 0. The Bertz CT molecular complexity index is 151. The van der Waals surface area contributed by atoms with Crippen LogP contribution < -0.4 is 0 Å². The molecule has 0 aromatic carbocycles. The maximum atomic E-state index is 2.48. The summed E-state index contributed by atoms with van der Waals surface area (Å²) in [4.78, 5) is 0. The minimum atomic E-state index is 0.933. The summed E-state index contributed by atoms with van der Waals surface area (Å²) in [5.41, 5.74) is 0. The quantitative estimate of drug-likeness (QED) is 0.609. The lowest BCUT2D eigenvalue weighted by molar-refractivity contribution is 0.246. The Balaban J connectivity index is 2.42. The average Bonchev–Trinajstić information content (AvgIpc) is 2.46. The Morgan fingerprint density at radius 3 is 2.00 bits per heavy atom. The molecule has 1 rings (SSSR count). The highest BCUT2D eigenvalue weighted by Crippen LogP contribution is 2.42. The van der Waals surface area contributed by atoms with E-state index < -0.39 is 0 Å². The van der Waals surface area contributed by atoms with Gasteiger partial charge < -0.3 is 0 Å². The predicted octanol–water partition coefficient (Wildman–Crippen LogP) is 4.74. The van der Waals surface area contributed by atoms with Crippen LogP contribution in [0.4, 0.5) is 0 Å². The Kier molecular flexibility index (Phi) is 4.47. The topological polar surface area (TPSA) is 0 Å². The first kappa shape index (κ1) is 12.1. The van der Waals surface area contributed by atoms with E-state index in [1.807, 2.05) is 0 Å². The van der Waals surface area contributed by atoms with Gasteiger partial charge in [-0.25, -0.2) is 0 Å². The second-order valence-electron chi connectivity index (χ2n) is 5.81. The van der Waals surface area contributed by atoms with Crippen LogP contribution in [-0.2, 0) is 0 Å². The van der Waals surface area contributed by atoms with Gasteiger partial charge in [0.15, 0.2) is 0 Å². The molecule has 0 N–H and O–H groups in total. The van der Waals surface area contributed by atoms with Crippen LogP contribution in [0.2, 0.25) is 0 Å². The van der Waals surface area contributed by atoms with Crippen molar-refractivity contribution in [3.8, 4) is 0 Å². The molecule has 0 bridgehead atoms. The Morgan fingerprint density at radius 2 is 1.57 bits per heavy atom. The molecule has 0 amide bonds. The second kappa shape index (κ2) is 5.19. The van der Waals surface area contributed by atoms with Crippen LogP contribution in [0.3, 0.4) is 0 Å². The molecule has 0 spiro atoms. The average molecular weight is 196 g/mol. The summed E-state index contributed by atoms with van der Waals surface area (Å²) in [7, 11) is 0. The first-order chi connectivity index (χ1) is 6.56. The summed E-state index contributed by atoms with van der Waals surface area (Å²) in [6, 6.07) is 0. The van der Waals surface area contributed by atoms with E-state index in [0.717, 1.165) is 29.6 Å². The minimum absolute atomic E-state index is 0.933. The van der Waals surface area contributed by atoms with Gasteiger partial charge in [-0.1, -0.05) is 47.5 Å². The molecule has 0 aromatic heterocycles. The van der Waals surface area contributed by atoms with Crippen LogP contribution in [-0.4, -0.2) is 0 Å². The van der Waals surface area contributed by atoms with Gasteiger partial charge in [0.1, 0.15) is 0 Å². The van der Waals surface area contributed by atoms with Gasteiger partial charge in [0.2, 0.25) is 0 Å². The largest absolute Gasteiger partial charge is 0.0654 e. The Morgan fingerprint density at radius 1 is 1.07 bits per heavy atom. The third kappa shape index (κ3) is 2.74. The molecule has 4 unspecified atom stereocenters. The monoisotopic (exact) mass is 196 g/mol. The van der Waals surface area contributed by atoms with Crippen molar-refractivity contribution < 1.29 is 0 Å². The van der Waals surface area contributed by atoms with E-state index in [2.05, 4.69) is 34.6 Å². The van der Waals surface area contributed by atoms with Crippen molar-refractivity contribution in [2.24, 2.45) is 29.6 Å². The van der Waals surface area contributed by atoms with Crippen LogP contribution in [0, 0.1) is 29.6 Å². The van der Waals surface area contributed by atoms with Gasteiger partial charge in [-0.05, 0) is 42.4 Å². The summed E-state index contributed by atoms with van der Waals surface area (Å²) in [5, 5.41) is 0. The predicted molar refractivity (Wildman–Crippen MR) is 64.3 cm³/mol. The fourth-order valence-corrected chi connectivity index (χ4v) is 3.13. The van der Waals surface area contributed by atoms with Gasteiger partial charge in [0.05, 0.1) is 0 Å². The smallest absolute Gasteiger partial charge is 0.0381 e. The SMILES string of the molecule is CCCC(C)C(C)C1CC(C)C(C)C1. The molecule has 0 radical (unpaired) electrons. The van der Waals surface area contributed by atoms with Crippen molar-refractivity contribution in [2.45, 2.75) is 60.3 Å². The van der Waals surface area contributed by atoms with Gasteiger partial charge in [-0.2, -0.15) is 0 Å². The zero-order valence-electron chi connectivity index (χ0n) is 10.7. The van der Waals surface area contributed by atoms with Gasteiger partial charge in [0.25, 0.3) is 0 Å². The molecule has 1 aliphatic rings. The fourth-order valence-electron chi connectivity index (χ4n) is 3.13. The third-order valence-electron chi connectivity index (χ3n) is 4.71. The van der Waals surface area contributed by atoms with Crippen LogP contribution in [0.15, 0.2) is 0 Å². The van der Waals surface area contributed by atoms with E-state index in [4.69, 9.17) is 0 Å². The van der Waals surface area contributed by atoms with E-state index in [9.17, 15) is 0 Å². The van der Waals surface area contributed by atoms with Crippen LogP contribution in [0.5, 0.6) is 0 Å². The third-order valence-corrected chi connectivity index (χ3v) is 4.71. The summed E-state index contributed by atoms with van der Waals surface area (Å²) in [6.45, 7) is 12.1. The van der Waals surface area contributed by atoms with Crippen LogP contribution in [0.25, 0.3) is 0 Å². The highest BCUT2D eigenvalue weighted by atomic mass is 14.4. The molecule has 1 fully saturated rings. The normalized spacial score (nSPS) is 37.1. The molecular weight excluding hydrogens is 168 g/mol. The molecule has 14 heavy (non-hydrogen) atoms. The molecule has 84 valence electrons. The van der Waals surface area contributed by atoms with Crippen molar-refractivity contribution >= 4 is 0 Å². The summed E-state index contributed by atoms with van der Waals surface area (Å²) in [6.07, 6.45) is 5.73. The molecule has 0 aromatic rings. The number of rotatable bonds is 4. The molecule has 0 heteroatoms. The maximum absolute atomic E-state index is 2.48. The molecule has 1 aliphatic carbocycles. The molecule has 0 nitrogen and oxygen atoms in total. The highest BCUT2D eigenvalue weighted by Gasteiger charge is 2.33. The van der Waals surface area contributed by atoms with Gasteiger partial charge in [-0.15, -0.1) is 0 Å². The van der Waals surface area contributed by atoms with Crippen molar-refractivity contribution in [3.63, 3.8) is 0 Å². The first-order valence-corrected chi connectivity index (χ1v) is 6.56. The Labute approximate surface area is 90.5 Å². The maximum Gasteiger partial charge on any atom is -0.0381 e. The van der Waals surface area contributed by atoms with Gasteiger partial charge in [-0.3, -0.25) is 0 Å². The molecular formula is C14H28. The fraction of sp³-hybridized carbons (Fsp3) is 1.00. The Hall–Kier alpha value is 0. The van der Waals surface area contributed by atoms with Crippen LogP contribution in [0.1, 0.15) is 60.3 Å². The van der Waals surface area contributed by atoms with Gasteiger partial charge in [0, 0.05) is 0 Å². The summed E-state index contributed by atoms with van der Waals surface area (Å²) >= 11 is 0. The van der Waals surface area contributed by atoms with E-state index in [1.54, 1.807) is 0 Å². The molecule has 4 atom stereocenters. The van der Waals surface area contributed by atoms with E-state index >= 15 is 0 Å². The minimum Gasteiger partial charge on any atom is -0.0654 e. The van der Waals surface area contributed by atoms with Crippen molar-refractivity contribution in [2.75, 3.05) is 0 Å². The molecule has 1 saturated carbocycles. The molecule has 0 heterocycles. The zero-order valence-corrected chi connectivity index (χ0v) is 10.7. The lowest BCUT2D eigenvalue weighted by Crippen LogP contribution is -2.16. The standard InChI is InChI=1S/C14H28/c1-6-7-10(2)13(5)14-8-11(3)12(4)9-14/h10-14H,6-9H2,1-5H3. The summed E-state index contributed by atoms with van der Waals surface area (Å²) in [5.74, 6) is 4.83. The molecule has 0 aliphatic heterocycles.